The summed E-state index contributed by atoms with van der Waals surface area (Å²) in [5.41, 5.74) is 11.8. The van der Waals surface area contributed by atoms with E-state index in [1.54, 1.807) is 12.1 Å². The van der Waals surface area contributed by atoms with Crippen molar-refractivity contribution >= 4 is 0 Å². The lowest BCUT2D eigenvalue weighted by molar-refractivity contribution is 0.625. The number of benzene rings is 1. The average Bonchev–Trinajstić information content (AvgIpc) is 2.05. The molecule has 0 aliphatic carbocycles. The molecule has 0 saturated carbocycles. The second-order valence-electron chi connectivity index (χ2n) is 2.39. The Morgan fingerprint density at radius 3 is 2.27 bits per heavy atom. The van der Waals surface area contributed by atoms with Crippen LogP contribution in [-0.2, 0) is 0 Å². The Morgan fingerprint density at radius 2 is 1.82 bits per heavy atom. The summed E-state index contributed by atoms with van der Waals surface area (Å²) >= 11 is 0. The molecule has 0 bridgehead atoms. The van der Waals surface area contributed by atoms with Crippen molar-refractivity contribution in [3.8, 4) is 0 Å². The van der Waals surface area contributed by atoms with Gasteiger partial charge in [-0.1, -0.05) is 12.1 Å². The van der Waals surface area contributed by atoms with E-state index >= 15 is 0 Å². The van der Waals surface area contributed by atoms with Crippen molar-refractivity contribution < 1.29 is 4.39 Å². The van der Waals surface area contributed by atoms with Gasteiger partial charge in [-0.05, 0) is 17.7 Å². The Labute approximate surface area is 65.0 Å². The van der Waals surface area contributed by atoms with Gasteiger partial charge >= 0.3 is 0 Å². The van der Waals surface area contributed by atoms with Crippen LogP contribution in [0.15, 0.2) is 24.3 Å². The molecule has 1 aromatic carbocycles. The second-order valence-corrected chi connectivity index (χ2v) is 2.39. The van der Waals surface area contributed by atoms with Crippen LogP contribution in [-0.4, -0.2) is 6.54 Å². The number of rotatable bonds is 2. The van der Waals surface area contributed by atoms with Crippen LogP contribution >= 0.6 is 0 Å². The first-order chi connectivity index (χ1) is 5.24. The molecule has 11 heavy (non-hydrogen) atoms. The fraction of sp³-hybridized carbons (Fsp3) is 0.250. The molecule has 2 nitrogen and oxygen atoms in total. The van der Waals surface area contributed by atoms with Crippen LogP contribution < -0.4 is 11.5 Å². The third-order valence-corrected chi connectivity index (χ3v) is 1.55. The van der Waals surface area contributed by atoms with Gasteiger partial charge in [0.15, 0.2) is 0 Å². The molecule has 4 N–H and O–H groups in total. The first-order valence-corrected chi connectivity index (χ1v) is 3.45. The maximum Gasteiger partial charge on any atom is 0.123 e. The van der Waals surface area contributed by atoms with Gasteiger partial charge in [0.2, 0.25) is 0 Å². The van der Waals surface area contributed by atoms with Crippen molar-refractivity contribution in [3.63, 3.8) is 0 Å². The Morgan fingerprint density at radius 1 is 1.27 bits per heavy atom. The highest BCUT2D eigenvalue weighted by atomic mass is 19.1. The first kappa shape index (κ1) is 8.17. The lowest BCUT2D eigenvalue weighted by atomic mass is 10.1. The Bertz CT molecular complexity index is 220. The molecule has 1 aromatic rings. The Balaban J connectivity index is 2.81. The largest absolute Gasteiger partial charge is 0.329 e. The fourth-order valence-electron chi connectivity index (χ4n) is 0.846. The van der Waals surface area contributed by atoms with Crippen LogP contribution in [0, 0.1) is 5.82 Å². The van der Waals surface area contributed by atoms with E-state index in [4.69, 9.17) is 11.5 Å². The smallest absolute Gasteiger partial charge is 0.123 e. The standard InChI is InChI=1S/C8H11FN2/c9-7-3-1-6(2-4-7)8(11)5-10/h1-4,8H,5,10-11H2. The van der Waals surface area contributed by atoms with Gasteiger partial charge in [-0.2, -0.15) is 0 Å². The fourth-order valence-corrected chi connectivity index (χ4v) is 0.846. The lowest BCUT2D eigenvalue weighted by Crippen LogP contribution is -2.20. The highest BCUT2D eigenvalue weighted by molar-refractivity contribution is 5.19. The zero-order chi connectivity index (χ0) is 8.27. The number of nitrogens with two attached hydrogens (primary N) is 2. The lowest BCUT2D eigenvalue weighted by Gasteiger charge is -2.07. The van der Waals surface area contributed by atoms with E-state index in [9.17, 15) is 4.39 Å². The summed E-state index contributed by atoms with van der Waals surface area (Å²) in [6.45, 7) is 0.381. The van der Waals surface area contributed by atoms with E-state index in [0.29, 0.717) is 6.54 Å². The molecule has 0 radical (unpaired) electrons. The highest BCUT2D eigenvalue weighted by Gasteiger charge is 2.01. The van der Waals surface area contributed by atoms with E-state index < -0.39 is 0 Å². The average molecular weight is 154 g/mol. The van der Waals surface area contributed by atoms with Gasteiger partial charge in [-0.3, -0.25) is 0 Å². The summed E-state index contributed by atoms with van der Waals surface area (Å²) in [4.78, 5) is 0. The predicted molar refractivity (Wildman–Crippen MR) is 42.4 cm³/mol. The third kappa shape index (κ3) is 2.00. The van der Waals surface area contributed by atoms with Gasteiger partial charge in [-0.15, -0.1) is 0 Å². The monoisotopic (exact) mass is 154 g/mol. The molecule has 0 heterocycles. The summed E-state index contributed by atoms with van der Waals surface area (Å²) in [6, 6.07) is 5.87. The van der Waals surface area contributed by atoms with Crippen LogP contribution in [0.3, 0.4) is 0 Å². The predicted octanol–water partition coefficient (Wildman–Crippen LogP) is 0.784. The number of halogens is 1. The summed E-state index contributed by atoms with van der Waals surface area (Å²) < 4.78 is 12.4. The zero-order valence-corrected chi connectivity index (χ0v) is 6.13. The highest BCUT2D eigenvalue weighted by Crippen LogP contribution is 2.08. The van der Waals surface area contributed by atoms with Crippen LogP contribution in [0.4, 0.5) is 4.39 Å². The van der Waals surface area contributed by atoms with Gasteiger partial charge in [-0.25, -0.2) is 4.39 Å². The molecule has 0 aliphatic heterocycles. The molecule has 0 fully saturated rings. The molecule has 0 aliphatic rings. The Hall–Kier alpha value is -0.930. The molecule has 3 heteroatoms. The number of hydrogen-bond donors (Lipinski definition) is 2. The SMILES string of the molecule is NCC(N)c1ccc(F)cc1. The van der Waals surface area contributed by atoms with E-state index in [1.165, 1.54) is 12.1 Å². The molecule has 0 saturated heterocycles. The van der Waals surface area contributed by atoms with Crippen LogP contribution in [0.25, 0.3) is 0 Å². The molecule has 1 unspecified atom stereocenters. The Kier molecular flexibility index (Phi) is 2.57. The van der Waals surface area contributed by atoms with Crippen molar-refractivity contribution in [3.05, 3.63) is 35.6 Å². The van der Waals surface area contributed by atoms with E-state index in [2.05, 4.69) is 0 Å². The summed E-state index contributed by atoms with van der Waals surface area (Å²) in [7, 11) is 0. The molecule has 0 aromatic heterocycles. The molecule has 1 rings (SSSR count). The normalized spacial score (nSPS) is 13.0. The first-order valence-electron chi connectivity index (χ1n) is 3.45. The van der Waals surface area contributed by atoms with Crippen LogP contribution in [0.1, 0.15) is 11.6 Å². The quantitative estimate of drug-likeness (QED) is 0.661. The van der Waals surface area contributed by atoms with E-state index in [-0.39, 0.29) is 11.9 Å². The molecule has 0 spiro atoms. The van der Waals surface area contributed by atoms with Gasteiger partial charge < -0.3 is 11.5 Å². The minimum Gasteiger partial charge on any atom is -0.329 e. The van der Waals surface area contributed by atoms with Crippen LogP contribution in [0.5, 0.6) is 0 Å². The zero-order valence-electron chi connectivity index (χ0n) is 6.13. The van der Waals surface area contributed by atoms with E-state index in [1.807, 2.05) is 0 Å². The van der Waals surface area contributed by atoms with Crippen molar-refractivity contribution in [2.75, 3.05) is 6.54 Å². The molecular weight excluding hydrogens is 143 g/mol. The van der Waals surface area contributed by atoms with Gasteiger partial charge in [0, 0.05) is 12.6 Å². The van der Waals surface area contributed by atoms with Gasteiger partial charge in [0.05, 0.1) is 0 Å². The van der Waals surface area contributed by atoms with E-state index in [0.717, 1.165) is 5.56 Å². The molecule has 0 amide bonds. The topological polar surface area (TPSA) is 52.0 Å². The van der Waals surface area contributed by atoms with Crippen molar-refractivity contribution in [1.29, 1.82) is 0 Å². The number of hydrogen-bond acceptors (Lipinski definition) is 2. The minimum atomic E-state index is -0.252. The molecule has 60 valence electrons. The van der Waals surface area contributed by atoms with Crippen LogP contribution in [0.2, 0.25) is 0 Å². The third-order valence-electron chi connectivity index (χ3n) is 1.55. The molecule has 1 atom stereocenters. The maximum atomic E-state index is 12.4. The van der Waals surface area contributed by atoms with Crippen molar-refractivity contribution in [1.82, 2.24) is 0 Å². The van der Waals surface area contributed by atoms with Gasteiger partial charge in [0.25, 0.3) is 0 Å². The van der Waals surface area contributed by atoms with Crippen molar-refractivity contribution in [2.24, 2.45) is 11.5 Å². The maximum absolute atomic E-state index is 12.4. The summed E-state index contributed by atoms with van der Waals surface area (Å²) in [6.07, 6.45) is 0. The minimum absolute atomic E-state index is 0.185. The summed E-state index contributed by atoms with van der Waals surface area (Å²) in [5, 5.41) is 0. The van der Waals surface area contributed by atoms with Gasteiger partial charge in [0.1, 0.15) is 5.82 Å². The summed E-state index contributed by atoms with van der Waals surface area (Å²) in [5.74, 6) is -0.252. The van der Waals surface area contributed by atoms with Crippen molar-refractivity contribution in [2.45, 2.75) is 6.04 Å². The second kappa shape index (κ2) is 3.46. The molecular formula is C8H11FN2.